The Morgan fingerprint density at radius 2 is 2.04 bits per heavy atom. The van der Waals surface area contributed by atoms with Crippen molar-refractivity contribution < 1.29 is 19.2 Å². The summed E-state index contributed by atoms with van der Waals surface area (Å²) >= 11 is 0. The molecule has 7 heteroatoms. The van der Waals surface area contributed by atoms with Crippen LogP contribution >= 0.6 is 0 Å². The van der Waals surface area contributed by atoms with Crippen molar-refractivity contribution >= 4 is 23.6 Å². The highest BCUT2D eigenvalue weighted by molar-refractivity contribution is 6.16. The molecule has 0 aliphatic carbocycles. The largest absolute Gasteiger partial charge is 0.465 e. The van der Waals surface area contributed by atoms with Crippen LogP contribution in [0.1, 0.15) is 25.8 Å². The molecule has 0 N–H and O–H groups in total. The number of esters is 1. The molecule has 0 saturated heterocycles. The Bertz CT molecular complexity index is 764. The van der Waals surface area contributed by atoms with Crippen LogP contribution in [0.25, 0.3) is 6.08 Å². The number of methoxy groups -OCH3 is 1. The van der Waals surface area contributed by atoms with Gasteiger partial charge in [0.2, 0.25) is 0 Å². The van der Waals surface area contributed by atoms with Crippen molar-refractivity contribution in [1.29, 1.82) is 0 Å². The standard InChI is InChI=1S/C17H18N2O5/c1-4-9-18-11(2)15(17(21)24-3)13(16(18)20)10-12-7-5-6-8-14(12)19(22)23/h5-8,10H,4,9H2,1-3H3/b13-10-. The number of allylic oxidation sites excluding steroid dienone is 1. The van der Waals surface area contributed by atoms with Crippen LogP contribution in [0.4, 0.5) is 5.69 Å². The first-order valence-electron chi connectivity index (χ1n) is 7.48. The van der Waals surface area contributed by atoms with Crippen LogP contribution in [0.15, 0.2) is 41.1 Å². The predicted octanol–water partition coefficient (Wildman–Crippen LogP) is 2.68. The molecule has 0 unspecified atom stereocenters. The molecule has 24 heavy (non-hydrogen) atoms. The first-order chi connectivity index (χ1) is 11.4. The number of ether oxygens (including phenoxy) is 1. The minimum absolute atomic E-state index is 0.113. The lowest BCUT2D eigenvalue weighted by Crippen LogP contribution is -2.25. The highest BCUT2D eigenvalue weighted by Gasteiger charge is 2.36. The highest BCUT2D eigenvalue weighted by Crippen LogP contribution is 2.33. The van der Waals surface area contributed by atoms with Crippen LogP contribution in [0, 0.1) is 10.1 Å². The van der Waals surface area contributed by atoms with Crippen LogP contribution in [-0.4, -0.2) is 35.4 Å². The van der Waals surface area contributed by atoms with Gasteiger partial charge in [-0.15, -0.1) is 0 Å². The summed E-state index contributed by atoms with van der Waals surface area (Å²) in [4.78, 5) is 36.9. The van der Waals surface area contributed by atoms with Gasteiger partial charge in [0.1, 0.15) is 0 Å². The molecule has 1 heterocycles. The summed E-state index contributed by atoms with van der Waals surface area (Å²) in [6, 6.07) is 6.06. The van der Waals surface area contributed by atoms with Gasteiger partial charge in [0.15, 0.2) is 0 Å². The number of hydrogen-bond donors (Lipinski definition) is 0. The Hall–Kier alpha value is -2.96. The van der Waals surface area contributed by atoms with Gasteiger partial charge in [-0.05, 0) is 25.5 Å². The number of amides is 1. The second-order valence-electron chi connectivity index (χ2n) is 5.28. The number of nitro groups is 1. The van der Waals surface area contributed by atoms with E-state index < -0.39 is 10.9 Å². The van der Waals surface area contributed by atoms with E-state index in [4.69, 9.17) is 4.74 Å². The maximum atomic E-state index is 12.7. The molecular formula is C17H18N2O5. The van der Waals surface area contributed by atoms with Crippen molar-refractivity contribution in [2.45, 2.75) is 20.3 Å². The van der Waals surface area contributed by atoms with Crippen LogP contribution in [0.2, 0.25) is 0 Å². The van der Waals surface area contributed by atoms with E-state index in [0.29, 0.717) is 12.2 Å². The number of hydrogen-bond acceptors (Lipinski definition) is 5. The van der Waals surface area contributed by atoms with E-state index in [2.05, 4.69) is 0 Å². The van der Waals surface area contributed by atoms with Crippen molar-refractivity contribution in [2.75, 3.05) is 13.7 Å². The molecule has 7 nitrogen and oxygen atoms in total. The lowest BCUT2D eigenvalue weighted by atomic mass is 10.0. The molecule has 1 aliphatic heterocycles. The number of nitro benzene ring substituents is 1. The number of para-hydroxylation sites is 1. The average molecular weight is 330 g/mol. The van der Waals surface area contributed by atoms with E-state index in [1.807, 2.05) is 6.92 Å². The van der Waals surface area contributed by atoms with Gasteiger partial charge in [0.05, 0.1) is 28.7 Å². The van der Waals surface area contributed by atoms with Gasteiger partial charge < -0.3 is 9.64 Å². The van der Waals surface area contributed by atoms with Crippen molar-refractivity contribution in [3.05, 3.63) is 56.8 Å². The molecule has 0 saturated carbocycles. The normalized spacial score (nSPS) is 16.0. The molecule has 1 amide bonds. The fraction of sp³-hybridized carbons (Fsp3) is 0.294. The van der Waals surface area contributed by atoms with Gasteiger partial charge in [-0.3, -0.25) is 14.9 Å². The number of carbonyl (C=O) groups is 2. The van der Waals surface area contributed by atoms with Crippen LogP contribution < -0.4 is 0 Å². The number of carbonyl (C=O) groups excluding carboxylic acids is 2. The predicted molar refractivity (Wildman–Crippen MR) is 87.8 cm³/mol. The van der Waals surface area contributed by atoms with Gasteiger partial charge in [-0.2, -0.15) is 0 Å². The third kappa shape index (κ3) is 3.05. The molecule has 0 aromatic heterocycles. The molecule has 0 fully saturated rings. The molecule has 126 valence electrons. The molecule has 0 bridgehead atoms. The molecule has 0 radical (unpaired) electrons. The zero-order valence-electron chi connectivity index (χ0n) is 13.7. The third-order valence-electron chi connectivity index (χ3n) is 3.78. The van der Waals surface area contributed by atoms with Gasteiger partial charge in [0, 0.05) is 18.3 Å². The van der Waals surface area contributed by atoms with E-state index in [1.165, 1.54) is 30.2 Å². The summed E-state index contributed by atoms with van der Waals surface area (Å²) in [5.41, 5.74) is 0.891. The fourth-order valence-electron chi connectivity index (χ4n) is 2.65. The molecule has 1 aliphatic rings. The minimum Gasteiger partial charge on any atom is -0.465 e. The van der Waals surface area contributed by atoms with E-state index in [0.717, 1.165) is 6.42 Å². The number of benzene rings is 1. The number of nitrogens with zero attached hydrogens (tertiary/aromatic N) is 2. The SMILES string of the molecule is CCCN1C(=O)/C(=C\c2ccccc2[N+](=O)[O-])C(C(=O)OC)=C1C. The lowest BCUT2D eigenvalue weighted by Gasteiger charge is -2.16. The Balaban J connectivity index is 2.61. The van der Waals surface area contributed by atoms with Crippen LogP contribution in [0.5, 0.6) is 0 Å². The third-order valence-corrected chi connectivity index (χ3v) is 3.78. The van der Waals surface area contributed by atoms with Crippen molar-refractivity contribution in [3.63, 3.8) is 0 Å². The molecule has 2 rings (SSSR count). The maximum absolute atomic E-state index is 12.7. The second-order valence-corrected chi connectivity index (χ2v) is 5.28. The molecule has 1 aromatic carbocycles. The van der Waals surface area contributed by atoms with Crippen molar-refractivity contribution in [1.82, 2.24) is 4.90 Å². The molecule has 0 spiro atoms. The minimum atomic E-state index is -0.635. The van der Waals surface area contributed by atoms with Crippen LogP contribution in [-0.2, 0) is 14.3 Å². The molecule has 0 atom stereocenters. The van der Waals surface area contributed by atoms with E-state index in [-0.39, 0.29) is 28.3 Å². The van der Waals surface area contributed by atoms with Crippen molar-refractivity contribution in [2.24, 2.45) is 0 Å². The maximum Gasteiger partial charge on any atom is 0.340 e. The Kier molecular flexibility index (Phi) is 5.13. The summed E-state index contributed by atoms with van der Waals surface area (Å²) in [6.07, 6.45) is 2.10. The van der Waals surface area contributed by atoms with E-state index in [9.17, 15) is 19.7 Å². The summed E-state index contributed by atoms with van der Waals surface area (Å²) in [5.74, 6) is -0.989. The van der Waals surface area contributed by atoms with Gasteiger partial charge in [0.25, 0.3) is 11.6 Å². The highest BCUT2D eigenvalue weighted by atomic mass is 16.6. The summed E-state index contributed by atoms with van der Waals surface area (Å²) in [7, 11) is 1.23. The smallest absolute Gasteiger partial charge is 0.340 e. The Labute approximate surface area is 139 Å². The average Bonchev–Trinajstić information content (AvgIpc) is 2.79. The zero-order valence-corrected chi connectivity index (χ0v) is 13.7. The van der Waals surface area contributed by atoms with Gasteiger partial charge >= 0.3 is 5.97 Å². The summed E-state index contributed by atoms with van der Waals surface area (Å²) in [6.45, 7) is 4.04. The van der Waals surface area contributed by atoms with E-state index >= 15 is 0 Å². The zero-order chi connectivity index (χ0) is 17.9. The first kappa shape index (κ1) is 17.4. The van der Waals surface area contributed by atoms with Crippen LogP contribution in [0.3, 0.4) is 0 Å². The molecule has 1 aromatic rings. The van der Waals surface area contributed by atoms with Gasteiger partial charge in [-0.1, -0.05) is 19.1 Å². The monoisotopic (exact) mass is 330 g/mol. The number of rotatable bonds is 5. The summed E-state index contributed by atoms with van der Waals surface area (Å²) in [5, 5.41) is 11.2. The van der Waals surface area contributed by atoms with Crippen molar-refractivity contribution in [3.8, 4) is 0 Å². The second kappa shape index (κ2) is 7.08. The molecular weight excluding hydrogens is 312 g/mol. The summed E-state index contributed by atoms with van der Waals surface area (Å²) < 4.78 is 4.77. The Morgan fingerprint density at radius 1 is 1.38 bits per heavy atom. The van der Waals surface area contributed by atoms with Gasteiger partial charge in [-0.25, -0.2) is 4.79 Å². The fourth-order valence-corrected chi connectivity index (χ4v) is 2.65. The first-order valence-corrected chi connectivity index (χ1v) is 7.48. The lowest BCUT2D eigenvalue weighted by molar-refractivity contribution is -0.385. The quantitative estimate of drug-likeness (QED) is 0.358. The topological polar surface area (TPSA) is 89.8 Å². The van der Waals surface area contributed by atoms with E-state index in [1.54, 1.807) is 19.1 Å². The Morgan fingerprint density at radius 3 is 2.62 bits per heavy atom.